The lowest BCUT2D eigenvalue weighted by Crippen LogP contribution is -2.68. The van der Waals surface area contributed by atoms with E-state index in [9.17, 15) is 4.39 Å². The second kappa shape index (κ2) is 5.42. The van der Waals surface area contributed by atoms with Gasteiger partial charge >= 0.3 is 5.79 Å². The molecule has 6 heteroatoms. The molecule has 27 heavy (non-hydrogen) atoms. The number of hydrogen-bond donors (Lipinski definition) is 0. The molecule has 4 heterocycles. The molecule has 0 saturated heterocycles. The molecule has 2 aliphatic heterocycles. The number of rotatable bonds is 0. The third-order valence-electron chi connectivity index (χ3n) is 5.88. The predicted octanol–water partition coefficient (Wildman–Crippen LogP) is 3.45. The fourth-order valence-electron chi connectivity index (χ4n) is 4.27. The molecule has 1 unspecified atom stereocenters. The van der Waals surface area contributed by atoms with E-state index in [1.165, 1.54) is 6.07 Å². The molecule has 5 rings (SSSR count). The maximum Gasteiger partial charge on any atom is 0.326 e. The average molecular weight is 362 g/mol. The topological polar surface area (TPSA) is 28.2 Å². The molecule has 0 spiro atoms. The van der Waals surface area contributed by atoms with E-state index in [1.807, 2.05) is 28.9 Å². The van der Waals surface area contributed by atoms with Crippen molar-refractivity contribution in [3.63, 3.8) is 0 Å². The molecule has 0 bridgehead atoms. The average Bonchev–Trinajstić information content (AvgIpc) is 3.27. The Balaban J connectivity index is 1.92. The lowest BCUT2D eigenvalue weighted by atomic mass is 10.0. The lowest BCUT2D eigenvalue weighted by molar-refractivity contribution is -0.769. The van der Waals surface area contributed by atoms with Crippen LogP contribution in [-0.4, -0.2) is 21.7 Å². The van der Waals surface area contributed by atoms with Gasteiger partial charge in [0.25, 0.3) is 0 Å². The monoisotopic (exact) mass is 362 g/mol. The highest BCUT2D eigenvalue weighted by Gasteiger charge is 2.50. The zero-order valence-electron chi connectivity index (χ0n) is 15.5. The maximum atomic E-state index is 14.2. The first-order valence-corrected chi connectivity index (χ1v) is 9.07. The fourth-order valence-corrected chi connectivity index (χ4v) is 4.27. The minimum atomic E-state index is -0.512. The molecule has 0 radical (unpaired) electrons. The van der Waals surface area contributed by atoms with E-state index in [1.54, 1.807) is 12.3 Å². The van der Waals surface area contributed by atoms with Crippen LogP contribution in [-0.2, 0) is 5.79 Å². The summed E-state index contributed by atoms with van der Waals surface area (Å²) in [5, 5.41) is 4.57. The van der Waals surface area contributed by atoms with Crippen LogP contribution >= 0.6 is 0 Å². The van der Waals surface area contributed by atoms with Crippen molar-refractivity contribution in [2.75, 3.05) is 11.9 Å². The first kappa shape index (κ1) is 16.1. The second-order valence-corrected chi connectivity index (χ2v) is 7.25. The summed E-state index contributed by atoms with van der Waals surface area (Å²) in [5.41, 5.74) is 3.93. The zero-order valence-corrected chi connectivity index (χ0v) is 15.5. The van der Waals surface area contributed by atoms with Crippen molar-refractivity contribution < 1.29 is 8.96 Å². The molecule has 0 aliphatic carbocycles. The molecule has 136 valence electrons. The SMILES string of the molecule is CC1c2cc(F)ccc2N2C=CN(C)[C@@]2(C)[n+]2ccccc2-c2ccnn21. The Kier molecular flexibility index (Phi) is 3.22. The molecule has 2 aliphatic rings. The van der Waals surface area contributed by atoms with Crippen LogP contribution < -0.4 is 9.47 Å². The van der Waals surface area contributed by atoms with E-state index in [4.69, 9.17) is 0 Å². The number of anilines is 1. The van der Waals surface area contributed by atoms with E-state index < -0.39 is 5.79 Å². The van der Waals surface area contributed by atoms with Gasteiger partial charge in [-0.15, -0.1) is 0 Å². The van der Waals surface area contributed by atoms with Crippen LogP contribution in [0.15, 0.2) is 67.3 Å². The Morgan fingerprint density at radius 3 is 2.85 bits per heavy atom. The summed E-state index contributed by atoms with van der Waals surface area (Å²) in [6.45, 7) is 4.23. The number of pyridine rings is 1. The van der Waals surface area contributed by atoms with Gasteiger partial charge in [-0.3, -0.25) is 9.58 Å². The molecule has 2 aromatic heterocycles. The number of fused-ring (bicyclic) bond motifs is 7. The van der Waals surface area contributed by atoms with Crippen LogP contribution in [0, 0.1) is 5.82 Å². The Hall–Kier alpha value is -3.15. The van der Waals surface area contributed by atoms with E-state index in [0.717, 1.165) is 22.6 Å². The summed E-state index contributed by atoms with van der Waals surface area (Å²) in [5.74, 6) is -0.751. The lowest BCUT2D eigenvalue weighted by Gasteiger charge is -2.36. The van der Waals surface area contributed by atoms with Gasteiger partial charge in [0.1, 0.15) is 11.5 Å². The van der Waals surface area contributed by atoms with Crippen LogP contribution in [0.1, 0.15) is 25.5 Å². The van der Waals surface area contributed by atoms with Crippen LogP contribution in [0.3, 0.4) is 0 Å². The molecular weight excluding hydrogens is 341 g/mol. The minimum Gasteiger partial charge on any atom is -0.301 e. The summed E-state index contributed by atoms with van der Waals surface area (Å²) in [6.07, 6.45) is 8.00. The van der Waals surface area contributed by atoms with Gasteiger partial charge < -0.3 is 4.90 Å². The maximum absolute atomic E-state index is 14.2. The number of halogens is 1. The van der Waals surface area contributed by atoms with Crippen molar-refractivity contribution in [2.45, 2.75) is 25.7 Å². The normalized spacial score (nSPS) is 23.0. The van der Waals surface area contributed by atoms with Crippen LogP contribution in [0.5, 0.6) is 0 Å². The van der Waals surface area contributed by atoms with Gasteiger partial charge in [-0.1, -0.05) is 0 Å². The highest BCUT2D eigenvalue weighted by Crippen LogP contribution is 2.40. The number of hydrogen-bond acceptors (Lipinski definition) is 3. The predicted molar refractivity (Wildman–Crippen MR) is 101 cm³/mol. The minimum absolute atomic E-state index is 0.115. The summed E-state index contributed by atoms with van der Waals surface area (Å²) < 4.78 is 18.4. The summed E-state index contributed by atoms with van der Waals surface area (Å²) in [6, 6.07) is 13.1. The van der Waals surface area contributed by atoms with Crippen molar-refractivity contribution in [1.29, 1.82) is 0 Å². The molecule has 2 atom stereocenters. The first-order chi connectivity index (χ1) is 13.0. The standard InChI is InChI=1S/C21H21FN5/c1-15-17-14-16(22)7-8-18(17)26-13-12-24(3)21(26,2)25-11-5-4-6-19(25)20-9-10-23-27(15)20/h4-15H,1-3H3/q+1/t15?,21-/m0/s1. The third kappa shape index (κ3) is 2.04. The molecule has 0 fully saturated rings. The van der Waals surface area contributed by atoms with E-state index >= 15 is 0 Å². The Labute approximate surface area is 157 Å². The summed E-state index contributed by atoms with van der Waals surface area (Å²) >= 11 is 0. The molecule has 3 aromatic rings. The van der Waals surface area contributed by atoms with E-state index in [2.05, 4.69) is 65.0 Å². The Bertz CT molecular complexity index is 1070. The van der Waals surface area contributed by atoms with Crippen molar-refractivity contribution in [2.24, 2.45) is 0 Å². The first-order valence-electron chi connectivity index (χ1n) is 9.07. The number of aromatic nitrogens is 3. The van der Waals surface area contributed by atoms with Crippen LogP contribution in [0.2, 0.25) is 0 Å². The second-order valence-electron chi connectivity index (χ2n) is 7.25. The summed E-state index contributed by atoms with van der Waals surface area (Å²) in [7, 11) is 2.06. The number of nitrogens with zero attached hydrogens (tertiary/aromatic N) is 5. The van der Waals surface area contributed by atoms with Crippen molar-refractivity contribution in [3.05, 3.63) is 78.6 Å². The molecule has 0 N–H and O–H groups in total. The number of benzene rings is 1. The molecule has 1 aromatic carbocycles. The van der Waals surface area contributed by atoms with Gasteiger partial charge in [-0.05, 0) is 37.3 Å². The van der Waals surface area contributed by atoms with Crippen molar-refractivity contribution in [1.82, 2.24) is 14.7 Å². The van der Waals surface area contributed by atoms with Gasteiger partial charge in [-0.2, -0.15) is 9.67 Å². The summed E-state index contributed by atoms with van der Waals surface area (Å²) in [4.78, 5) is 4.37. The van der Waals surface area contributed by atoms with Crippen molar-refractivity contribution in [3.8, 4) is 11.4 Å². The van der Waals surface area contributed by atoms with E-state index in [0.29, 0.717) is 0 Å². The fraction of sp³-hybridized carbons (Fsp3) is 0.238. The molecule has 0 saturated carbocycles. The largest absolute Gasteiger partial charge is 0.326 e. The third-order valence-corrected chi connectivity index (χ3v) is 5.88. The Morgan fingerprint density at radius 2 is 2.00 bits per heavy atom. The zero-order chi connectivity index (χ0) is 18.8. The van der Waals surface area contributed by atoms with Crippen LogP contribution in [0.25, 0.3) is 11.4 Å². The molecule has 0 amide bonds. The quantitative estimate of drug-likeness (QED) is 0.574. The highest BCUT2D eigenvalue weighted by atomic mass is 19.1. The smallest absolute Gasteiger partial charge is 0.301 e. The van der Waals surface area contributed by atoms with Gasteiger partial charge in [0.2, 0.25) is 5.69 Å². The molecule has 5 nitrogen and oxygen atoms in total. The van der Waals surface area contributed by atoms with Gasteiger partial charge in [-0.25, -0.2) is 4.39 Å². The van der Waals surface area contributed by atoms with E-state index in [-0.39, 0.29) is 11.9 Å². The van der Waals surface area contributed by atoms with Crippen molar-refractivity contribution >= 4 is 5.69 Å². The van der Waals surface area contributed by atoms with Gasteiger partial charge in [0, 0.05) is 50.3 Å². The highest BCUT2D eigenvalue weighted by molar-refractivity contribution is 5.61. The Morgan fingerprint density at radius 1 is 1.15 bits per heavy atom. The van der Waals surface area contributed by atoms with Crippen LogP contribution in [0.4, 0.5) is 10.1 Å². The molecular formula is C21H21FN5+. The van der Waals surface area contributed by atoms with Gasteiger partial charge in [0.15, 0.2) is 6.20 Å². The van der Waals surface area contributed by atoms with Gasteiger partial charge in [0.05, 0.1) is 11.7 Å².